The van der Waals surface area contributed by atoms with Crippen LogP contribution in [0.5, 0.6) is 0 Å². The van der Waals surface area contributed by atoms with Crippen LogP contribution in [0.1, 0.15) is 43.9 Å². The van der Waals surface area contributed by atoms with E-state index in [9.17, 15) is 4.39 Å². The maximum Gasteiger partial charge on any atom is 0.171 e. The number of hydrogen-bond acceptors (Lipinski definition) is 1. The Bertz CT molecular complexity index is 621. The SMILES string of the molecule is CC(C)c1ccc(NC(=S)N[C@H](C)c2ccc(F)cc2)cc1. The minimum Gasteiger partial charge on any atom is -0.356 e. The number of halogens is 1. The standard InChI is InChI=1S/C18H21FN2S/c1-12(2)14-6-10-17(11-7-14)21-18(22)20-13(3)15-4-8-16(19)9-5-15/h4-13H,1-3H3,(H2,20,21,22)/t13-/m1/s1. The fourth-order valence-electron chi connectivity index (χ4n) is 2.15. The molecular weight excluding hydrogens is 295 g/mol. The van der Waals surface area contributed by atoms with Crippen molar-refractivity contribution < 1.29 is 4.39 Å². The topological polar surface area (TPSA) is 24.1 Å². The Morgan fingerprint density at radius 3 is 2.00 bits per heavy atom. The van der Waals surface area contributed by atoms with E-state index in [2.05, 4.69) is 36.6 Å². The van der Waals surface area contributed by atoms with Gasteiger partial charge in [-0.15, -0.1) is 0 Å². The number of anilines is 1. The Balaban J connectivity index is 1.93. The molecule has 2 aromatic carbocycles. The van der Waals surface area contributed by atoms with Gasteiger partial charge in [0.15, 0.2) is 5.11 Å². The molecule has 0 aliphatic heterocycles. The molecule has 0 heterocycles. The molecule has 0 radical (unpaired) electrons. The van der Waals surface area contributed by atoms with Gasteiger partial charge in [-0.3, -0.25) is 0 Å². The van der Waals surface area contributed by atoms with Crippen molar-refractivity contribution in [3.8, 4) is 0 Å². The summed E-state index contributed by atoms with van der Waals surface area (Å²) in [6.07, 6.45) is 0. The van der Waals surface area contributed by atoms with Crippen molar-refractivity contribution in [1.29, 1.82) is 0 Å². The number of thiocarbonyl (C=S) groups is 1. The van der Waals surface area contributed by atoms with Crippen LogP contribution >= 0.6 is 12.2 Å². The first kappa shape index (κ1) is 16.4. The highest BCUT2D eigenvalue weighted by Gasteiger charge is 2.07. The molecule has 0 aliphatic rings. The largest absolute Gasteiger partial charge is 0.356 e. The molecule has 0 saturated heterocycles. The monoisotopic (exact) mass is 316 g/mol. The third kappa shape index (κ3) is 4.53. The van der Waals surface area contributed by atoms with Gasteiger partial charge in [-0.25, -0.2) is 4.39 Å². The number of nitrogens with one attached hydrogen (secondary N) is 2. The number of rotatable bonds is 4. The molecule has 116 valence electrons. The van der Waals surface area contributed by atoms with Gasteiger partial charge in [-0.05, 0) is 60.5 Å². The van der Waals surface area contributed by atoms with Crippen LogP contribution < -0.4 is 10.6 Å². The Kier molecular flexibility index (Phi) is 5.50. The first-order valence-electron chi connectivity index (χ1n) is 7.38. The van der Waals surface area contributed by atoms with Gasteiger partial charge in [-0.2, -0.15) is 0 Å². The van der Waals surface area contributed by atoms with Crippen LogP contribution in [0.2, 0.25) is 0 Å². The lowest BCUT2D eigenvalue weighted by molar-refractivity contribution is 0.624. The maximum atomic E-state index is 12.9. The van der Waals surface area contributed by atoms with Crippen LogP contribution in [-0.2, 0) is 0 Å². The first-order chi connectivity index (χ1) is 10.5. The highest BCUT2D eigenvalue weighted by molar-refractivity contribution is 7.80. The summed E-state index contributed by atoms with van der Waals surface area (Å²) in [5.74, 6) is 0.277. The van der Waals surface area contributed by atoms with Gasteiger partial charge in [0.25, 0.3) is 0 Å². The summed E-state index contributed by atoms with van der Waals surface area (Å²) in [6.45, 7) is 6.32. The smallest absolute Gasteiger partial charge is 0.171 e. The average Bonchev–Trinajstić information content (AvgIpc) is 2.48. The van der Waals surface area contributed by atoms with E-state index < -0.39 is 0 Å². The second kappa shape index (κ2) is 7.36. The van der Waals surface area contributed by atoms with E-state index in [1.54, 1.807) is 12.1 Å². The van der Waals surface area contributed by atoms with E-state index >= 15 is 0 Å². The molecule has 0 aromatic heterocycles. The van der Waals surface area contributed by atoms with Crippen molar-refractivity contribution in [2.24, 2.45) is 0 Å². The predicted molar refractivity (Wildman–Crippen MR) is 94.7 cm³/mol. The van der Waals surface area contributed by atoms with Crippen LogP contribution in [0.25, 0.3) is 0 Å². The molecular formula is C18H21FN2S. The summed E-state index contributed by atoms with van der Waals surface area (Å²) in [5, 5.41) is 6.92. The summed E-state index contributed by atoms with van der Waals surface area (Å²) in [7, 11) is 0. The van der Waals surface area contributed by atoms with E-state index in [1.165, 1.54) is 17.7 Å². The van der Waals surface area contributed by atoms with Gasteiger partial charge in [-0.1, -0.05) is 38.1 Å². The molecule has 1 atom stereocenters. The lowest BCUT2D eigenvalue weighted by Crippen LogP contribution is -2.30. The van der Waals surface area contributed by atoms with Crippen molar-refractivity contribution in [3.63, 3.8) is 0 Å². The number of hydrogen-bond donors (Lipinski definition) is 2. The van der Waals surface area contributed by atoms with Gasteiger partial charge in [0.2, 0.25) is 0 Å². The van der Waals surface area contributed by atoms with E-state index in [0.29, 0.717) is 11.0 Å². The molecule has 0 spiro atoms. The zero-order valence-electron chi connectivity index (χ0n) is 13.1. The Labute approximate surface area is 136 Å². The Morgan fingerprint density at radius 1 is 0.909 bits per heavy atom. The van der Waals surface area contributed by atoms with Gasteiger partial charge >= 0.3 is 0 Å². The third-order valence-corrected chi connectivity index (χ3v) is 3.77. The van der Waals surface area contributed by atoms with E-state index in [0.717, 1.165) is 11.3 Å². The van der Waals surface area contributed by atoms with E-state index in [1.807, 2.05) is 19.1 Å². The summed E-state index contributed by atoms with van der Waals surface area (Å²) >= 11 is 5.33. The molecule has 0 fully saturated rings. The minimum absolute atomic E-state index is 0.00976. The van der Waals surface area contributed by atoms with Gasteiger partial charge in [0.05, 0.1) is 6.04 Å². The van der Waals surface area contributed by atoms with Crippen LogP contribution in [0, 0.1) is 5.82 Å². The zero-order valence-corrected chi connectivity index (χ0v) is 13.9. The highest BCUT2D eigenvalue weighted by Crippen LogP contribution is 2.18. The van der Waals surface area contributed by atoms with Gasteiger partial charge < -0.3 is 10.6 Å². The molecule has 0 amide bonds. The highest BCUT2D eigenvalue weighted by atomic mass is 32.1. The van der Waals surface area contributed by atoms with Crippen LogP contribution in [0.4, 0.5) is 10.1 Å². The molecule has 0 saturated carbocycles. The molecule has 2 aromatic rings. The summed E-state index contributed by atoms with van der Waals surface area (Å²) in [5.41, 5.74) is 3.23. The fraction of sp³-hybridized carbons (Fsp3) is 0.278. The van der Waals surface area contributed by atoms with Crippen LogP contribution in [-0.4, -0.2) is 5.11 Å². The summed E-state index contributed by atoms with van der Waals surface area (Å²) in [6, 6.07) is 14.7. The molecule has 2 N–H and O–H groups in total. The molecule has 2 rings (SSSR count). The summed E-state index contributed by atoms with van der Waals surface area (Å²) in [4.78, 5) is 0. The van der Waals surface area contributed by atoms with Crippen LogP contribution in [0.15, 0.2) is 48.5 Å². The molecule has 0 bridgehead atoms. The lowest BCUT2D eigenvalue weighted by Gasteiger charge is -2.17. The second-order valence-electron chi connectivity index (χ2n) is 5.65. The molecule has 2 nitrogen and oxygen atoms in total. The summed E-state index contributed by atoms with van der Waals surface area (Å²) < 4.78 is 12.9. The Hall–Kier alpha value is -1.94. The quantitative estimate of drug-likeness (QED) is 0.777. The second-order valence-corrected chi connectivity index (χ2v) is 6.06. The molecule has 22 heavy (non-hydrogen) atoms. The molecule has 0 aliphatic carbocycles. The third-order valence-electron chi connectivity index (χ3n) is 3.55. The molecule has 0 unspecified atom stereocenters. The minimum atomic E-state index is -0.234. The van der Waals surface area contributed by atoms with Crippen molar-refractivity contribution in [2.75, 3.05) is 5.32 Å². The van der Waals surface area contributed by atoms with Gasteiger partial charge in [0.1, 0.15) is 5.82 Å². The van der Waals surface area contributed by atoms with Crippen molar-refractivity contribution >= 4 is 23.0 Å². The normalized spacial score (nSPS) is 12.0. The first-order valence-corrected chi connectivity index (χ1v) is 7.79. The lowest BCUT2D eigenvalue weighted by atomic mass is 10.0. The van der Waals surface area contributed by atoms with Crippen molar-refractivity contribution in [3.05, 3.63) is 65.5 Å². The zero-order chi connectivity index (χ0) is 16.1. The van der Waals surface area contributed by atoms with Gasteiger partial charge in [0, 0.05) is 5.69 Å². The number of benzene rings is 2. The van der Waals surface area contributed by atoms with E-state index in [4.69, 9.17) is 12.2 Å². The average molecular weight is 316 g/mol. The van der Waals surface area contributed by atoms with Crippen LogP contribution in [0.3, 0.4) is 0 Å². The fourth-order valence-corrected chi connectivity index (χ4v) is 2.44. The van der Waals surface area contributed by atoms with Crippen molar-refractivity contribution in [1.82, 2.24) is 5.32 Å². The molecule has 4 heteroatoms. The maximum absolute atomic E-state index is 12.9. The Morgan fingerprint density at radius 2 is 1.45 bits per heavy atom. The van der Waals surface area contributed by atoms with E-state index in [-0.39, 0.29) is 11.9 Å². The van der Waals surface area contributed by atoms with Crippen molar-refractivity contribution in [2.45, 2.75) is 32.7 Å². The predicted octanol–water partition coefficient (Wildman–Crippen LogP) is 5.00.